The van der Waals surface area contributed by atoms with Gasteiger partial charge in [-0.15, -0.1) is 0 Å². The molecule has 0 atom stereocenters. The van der Waals surface area contributed by atoms with Crippen molar-refractivity contribution >= 4 is 16.6 Å². The molecule has 0 saturated carbocycles. The molecular weight excluding hydrogens is 192 g/mol. The van der Waals surface area contributed by atoms with Crippen molar-refractivity contribution in [3.05, 3.63) is 24.4 Å². The Hall–Kier alpha value is -1.97. The Bertz CT molecular complexity index is 497. The van der Waals surface area contributed by atoms with Crippen LogP contribution in [0, 0.1) is 0 Å². The Morgan fingerprint density at radius 2 is 2.00 bits per heavy atom. The number of pyridine rings is 1. The number of rotatable bonds is 2. The fourth-order valence-electron chi connectivity index (χ4n) is 1.53. The van der Waals surface area contributed by atoms with Crippen LogP contribution in [0.5, 0.6) is 11.5 Å². The SMILES string of the molecule is COc1cc(OC)c2c(N)ccnc2c1. The maximum atomic E-state index is 5.86. The second-order valence-electron chi connectivity index (χ2n) is 3.12. The molecule has 1 heterocycles. The van der Waals surface area contributed by atoms with E-state index in [9.17, 15) is 0 Å². The number of anilines is 1. The summed E-state index contributed by atoms with van der Waals surface area (Å²) in [6.07, 6.45) is 1.66. The molecule has 0 spiro atoms. The number of methoxy groups -OCH3 is 2. The van der Waals surface area contributed by atoms with Gasteiger partial charge in [-0.3, -0.25) is 4.98 Å². The van der Waals surface area contributed by atoms with Crippen LogP contribution in [0.4, 0.5) is 5.69 Å². The van der Waals surface area contributed by atoms with Crippen molar-refractivity contribution < 1.29 is 9.47 Å². The van der Waals surface area contributed by atoms with Crippen molar-refractivity contribution in [1.82, 2.24) is 4.98 Å². The molecule has 2 aromatic rings. The van der Waals surface area contributed by atoms with Gasteiger partial charge in [0.25, 0.3) is 0 Å². The second-order valence-corrected chi connectivity index (χ2v) is 3.12. The smallest absolute Gasteiger partial charge is 0.134 e. The normalized spacial score (nSPS) is 10.3. The molecule has 0 aliphatic carbocycles. The van der Waals surface area contributed by atoms with Crippen LogP contribution in [0.2, 0.25) is 0 Å². The molecule has 1 aromatic carbocycles. The summed E-state index contributed by atoms with van der Waals surface area (Å²) in [5.41, 5.74) is 7.29. The van der Waals surface area contributed by atoms with Crippen LogP contribution in [0.1, 0.15) is 0 Å². The first-order valence-corrected chi connectivity index (χ1v) is 4.52. The van der Waals surface area contributed by atoms with Crippen LogP contribution in [0.15, 0.2) is 24.4 Å². The minimum absolute atomic E-state index is 0.652. The standard InChI is InChI=1S/C11H12N2O2/c1-14-7-5-9-11(10(6-7)15-2)8(12)3-4-13-9/h3-6H,1-2H3,(H2,12,13). The molecule has 0 unspecified atom stereocenters. The summed E-state index contributed by atoms with van der Waals surface area (Å²) < 4.78 is 10.4. The van der Waals surface area contributed by atoms with Gasteiger partial charge in [-0.25, -0.2) is 0 Å². The maximum absolute atomic E-state index is 5.86. The van der Waals surface area contributed by atoms with Gasteiger partial charge in [-0.1, -0.05) is 0 Å². The zero-order valence-electron chi connectivity index (χ0n) is 8.65. The van der Waals surface area contributed by atoms with E-state index in [1.807, 2.05) is 6.07 Å². The van der Waals surface area contributed by atoms with Crippen molar-refractivity contribution in [3.8, 4) is 11.5 Å². The lowest BCUT2D eigenvalue weighted by Crippen LogP contribution is -1.94. The fraction of sp³-hybridized carbons (Fsp3) is 0.182. The average molecular weight is 204 g/mol. The van der Waals surface area contributed by atoms with Crippen LogP contribution in [-0.4, -0.2) is 19.2 Å². The summed E-state index contributed by atoms with van der Waals surface area (Å²) in [6, 6.07) is 5.37. The van der Waals surface area contributed by atoms with Crippen LogP contribution >= 0.6 is 0 Å². The first-order valence-electron chi connectivity index (χ1n) is 4.52. The molecule has 0 radical (unpaired) electrons. The van der Waals surface area contributed by atoms with Crippen LogP contribution in [-0.2, 0) is 0 Å². The van der Waals surface area contributed by atoms with E-state index in [1.165, 1.54) is 0 Å². The quantitative estimate of drug-likeness (QED) is 0.810. The van der Waals surface area contributed by atoms with E-state index in [0.29, 0.717) is 17.2 Å². The molecule has 0 aliphatic rings. The Balaban J connectivity index is 2.81. The summed E-state index contributed by atoms with van der Waals surface area (Å²) in [5.74, 6) is 1.38. The van der Waals surface area contributed by atoms with E-state index in [-0.39, 0.29) is 0 Å². The van der Waals surface area contributed by atoms with Crippen molar-refractivity contribution in [2.45, 2.75) is 0 Å². The molecular formula is C11H12N2O2. The lowest BCUT2D eigenvalue weighted by atomic mass is 10.1. The number of ether oxygens (including phenoxy) is 2. The number of hydrogen-bond donors (Lipinski definition) is 1. The number of benzene rings is 1. The third-order valence-electron chi connectivity index (χ3n) is 2.27. The van der Waals surface area contributed by atoms with Crippen LogP contribution in [0.25, 0.3) is 10.9 Å². The predicted molar refractivity (Wildman–Crippen MR) is 59.3 cm³/mol. The second kappa shape index (κ2) is 3.65. The van der Waals surface area contributed by atoms with Crippen molar-refractivity contribution in [2.24, 2.45) is 0 Å². The predicted octanol–water partition coefficient (Wildman–Crippen LogP) is 1.83. The van der Waals surface area contributed by atoms with Crippen LogP contribution in [0.3, 0.4) is 0 Å². The maximum Gasteiger partial charge on any atom is 0.134 e. The minimum atomic E-state index is 0.652. The highest BCUT2D eigenvalue weighted by Crippen LogP contribution is 2.33. The Morgan fingerprint density at radius 1 is 1.20 bits per heavy atom. The number of aromatic nitrogens is 1. The van der Waals surface area contributed by atoms with E-state index in [2.05, 4.69) is 4.98 Å². The lowest BCUT2D eigenvalue weighted by Gasteiger charge is -2.09. The van der Waals surface area contributed by atoms with Gasteiger partial charge < -0.3 is 15.2 Å². The van der Waals surface area contributed by atoms with Gasteiger partial charge in [0.2, 0.25) is 0 Å². The number of nitrogens with two attached hydrogens (primary N) is 1. The van der Waals surface area contributed by atoms with Gasteiger partial charge >= 0.3 is 0 Å². The van der Waals surface area contributed by atoms with Gasteiger partial charge in [0.15, 0.2) is 0 Å². The number of hydrogen-bond acceptors (Lipinski definition) is 4. The molecule has 1 aromatic heterocycles. The van der Waals surface area contributed by atoms with Gasteiger partial charge in [0, 0.05) is 24.0 Å². The molecule has 78 valence electrons. The Morgan fingerprint density at radius 3 is 2.67 bits per heavy atom. The fourth-order valence-corrected chi connectivity index (χ4v) is 1.53. The topological polar surface area (TPSA) is 57.4 Å². The molecule has 0 bridgehead atoms. The third-order valence-corrected chi connectivity index (χ3v) is 2.27. The van der Waals surface area contributed by atoms with Gasteiger partial charge in [0.1, 0.15) is 11.5 Å². The van der Waals surface area contributed by atoms with E-state index < -0.39 is 0 Å². The van der Waals surface area contributed by atoms with Crippen molar-refractivity contribution in [2.75, 3.05) is 20.0 Å². The third kappa shape index (κ3) is 1.54. The van der Waals surface area contributed by atoms with Gasteiger partial charge in [-0.05, 0) is 6.07 Å². The van der Waals surface area contributed by atoms with Crippen molar-refractivity contribution in [3.63, 3.8) is 0 Å². The summed E-state index contributed by atoms with van der Waals surface area (Å²) >= 11 is 0. The minimum Gasteiger partial charge on any atom is -0.497 e. The van der Waals surface area contributed by atoms with E-state index in [0.717, 1.165) is 10.9 Å². The van der Waals surface area contributed by atoms with Gasteiger partial charge in [-0.2, -0.15) is 0 Å². The molecule has 0 aliphatic heterocycles. The summed E-state index contributed by atoms with van der Waals surface area (Å²) in [4.78, 5) is 4.22. The molecule has 0 saturated heterocycles. The van der Waals surface area contributed by atoms with Crippen LogP contribution < -0.4 is 15.2 Å². The highest BCUT2D eigenvalue weighted by molar-refractivity contribution is 5.96. The molecule has 2 rings (SSSR count). The van der Waals surface area contributed by atoms with E-state index >= 15 is 0 Å². The molecule has 4 nitrogen and oxygen atoms in total. The van der Waals surface area contributed by atoms with E-state index in [1.54, 1.807) is 32.5 Å². The monoisotopic (exact) mass is 204 g/mol. The summed E-state index contributed by atoms with van der Waals surface area (Å²) in [5, 5.41) is 0.820. The Kier molecular flexibility index (Phi) is 2.33. The highest BCUT2D eigenvalue weighted by atomic mass is 16.5. The van der Waals surface area contributed by atoms with Crippen molar-refractivity contribution in [1.29, 1.82) is 0 Å². The zero-order chi connectivity index (χ0) is 10.8. The summed E-state index contributed by atoms with van der Waals surface area (Å²) in [7, 11) is 3.20. The average Bonchev–Trinajstić information content (AvgIpc) is 2.27. The number of fused-ring (bicyclic) bond motifs is 1. The summed E-state index contributed by atoms with van der Waals surface area (Å²) in [6.45, 7) is 0. The first kappa shape index (κ1) is 9.58. The first-order chi connectivity index (χ1) is 7.26. The van der Waals surface area contributed by atoms with Gasteiger partial charge in [0.05, 0.1) is 25.1 Å². The Labute approximate surface area is 87.6 Å². The lowest BCUT2D eigenvalue weighted by molar-refractivity contribution is 0.398. The molecule has 15 heavy (non-hydrogen) atoms. The molecule has 2 N–H and O–H groups in total. The zero-order valence-corrected chi connectivity index (χ0v) is 8.65. The highest BCUT2D eigenvalue weighted by Gasteiger charge is 2.08. The molecule has 0 fully saturated rings. The van der Waals surface area contributed by atoms with E-state index in [4.69, 9.17) is 15.2 Å². The molecule has 0 amide bonds. The molecule has 4 heteroatoms. The largest absolute Gasteiger partial charge is 0.497 e. The number of nitrogen functional groups attached to an aromatic ring is 1. The number of nitrogens with zero attached hydrogens (tertiary/aromatic N) is 1.